The predicted octanol–water partition coefficient (Wildman–Crippen LogP) is 4.49. The van der Waals surface area contributed by atoms with E-state index in [0.717, 1.165) is 17.3 Å². The van der Waals surface area contributed by atoms with Crippen LogP contribution in [-0.4, -0.2) is 24.5 Å². The van der Waals surface area contributed by atoms with E-state index in [0.29, 0.717) is 31.0 Å². The first-order valence-corrected chi connectivity index (χ1v) is 9.97. The fourth-order valence-electron chi connectivity index (χ4n) is 3.65. The first-order chi connectivity index (χ1) is 14.2. The summed E-state index contributed by atoms with van der Waals surface area (Å²) in [7, 11) is 0. The van der Waals surface area contributed by atoms with Crippen LogP contribution in [0.15, 0.2) is 48.0 Å². The van der Waals surface area contributed by atoms with Crippen molar-refractivity contribution in [2.45, 2.75) is 44.7 Å². The molecule has 0 saturated carbocycles. The number of rotatable bonds is 6. The van der Waals surface area contributed by atoms with Gasteiger partial charge in [-0.1, -0.05) is 17.7 Å². The molecule has 1 aliphatic carbocycles. The Morgan fingerprint density at radius 2 is 1.87 bits per heavy atom. The zero-order chi connectivity index (χ0) is 21.8. The molecule has 0 unspecified atom stereocenters. The molecule has 1 aliphatic rings. The van der Waals surface area contributed by atoms with Gasteiger partial charge in [0.1, 0.15) is 5.82 Å². The highest BCUT2D eigenvalue weighted by Crippen LogP contribution is 2.33. The highest BCUT2D eigenvalue weighted by Gasteiger charge is 2.27. The number of benzene rings is 2. The van der Waals surface area contributed by atoms with Crippen LogP contribution >= 0.6 is 0 Å². The maximum absolute atomic E-state index is 14.1. The Hall–Kier alpha value is -2.80. The molecule has 2 atom stereocenters. The molecule has 0 fully saturated rings. The van der Waals surface area contributed by atoms with E-state index in [1.54, 1.807) is 18.2 Å². The van der Waals surface area contributed by atoms with E-state index < -0.39 is 29.4 Å². The van der Waals surface area contributed by atoms with E-state index in [2.05, 4.69) is 10.6 Å². The van der Waals surface area contributed by atoms with Gasteiger partial charge in [-0.25, -0.2) is 13.2 Å². The van der Waals surface area contributed by atoms with Crippen molar-refractivity contribution in [2.75, 3.05) is 11.9 Å². The Morgan fingerprint density at radius 3 is 2.57 bits per heavy atom. The Labute approximate surface area is 174 Å². The molecule has 0 spiro atoms. The van der Waals surface area contributed by atoms with Crippen LogP contribution in [-0.2, 0) is 0 Å². The summed E-state index contributed by atoms with van der Waals surface area (Å²) < 4.78 is 40.9. The van der Waals surface area contributed by atoms with E-state index in [1.165, 1.54) is 0 Å². The molecular weight excluding hydrogens is 391 g/mol. The van der Waals surface area contributed by atoms with E-state index >= 15 is 0 Å². The number of nitrogens with two attached hydrogens (primary N) is 1. The van der Waals surface area contributed by atoms with Gasteiger partial charge in [0.2, 0.25) is 0 Å². The quantitative estimate of drug-likeness (QED) is 0.479. The highest BCUT2D eigenvalue weighted by atomic mass is 19.2. The third kappa shape index (κ3) is 5.21. The first kappa shape index (κ1) is 21.9. The van der Waals surface area contributed by atoms with Crippen molar-refractivity contribution in [3.05, 3.63) is 76.6 Å². The summed E-state index contributed by atoms with van der Waals surface area (Å²) in [5.41, 5.74) is 8.75. The molecular formula is C23H26F3N3O. The Bertz CT molecular complexity index is 959. The second-order valence-corrected chi connectivity index (χ2v) is 7.92. The first-order valence-electron chi connectivity index (χ1n) is 9.97. The summed E-state index contributed by atoms with van der Waals surface area (Å²) >= 11 is 0. The standard InChI is InChI=1S/C23H26F3N3O/c1-13(2)29-23(30)15-4-3-5-16(9-15)28-12-14-6-7-17(22(27)8-14)18-10-20(25)21(26)11-19(18)24/h3-6,9-11,13,17,22,28H,7-8,12,27H2,1-2H3,(H,29,30)/t17-,22+/m1/s1. The molecule has 0 bridgehead atoms. The molecule has 4 nitrogen and oxygen atoms in total. The van der Waals surface area contributed by atoms with Crippen LogP contribution in [0.5, 0.6) is 0 Å². The van der Waals surface area contributed by atoms with Crippen molar-refractivity contribution in [1.82, 2.24) is 5.32 Å². The van der Waals surface area contributed by atoms with E-state index in [4.69, 9.17) is 5.73 Å². The van der Waals surface area contributed by atoms with Gasteiger partial charge in [0.15, 0.2) is 11.6 Å². The van der Waals surface area contributed by atoms with Crippen molar-refractivity contribution in [3.63, 3.8) is 0 Å². The molecule has 30 heavy (non-hydrogen) atoms. The van der Waals surface area contributed by atoms with Gasteiger partial charge in [0.25, 0.3) is 5.91 Å². The average molecular weight is 417 g/mol. The number of anilines is 1. The number of carbonyl (C=O) groups excluding carboxylic acids is 1. The summed E-state index contributed by atoms with van der Waals surface area (Å²) in [4.78, 5) is 12.2. The molecule has 4 N–H and O–H groups in total. The average Bonchev–Trinajstić information content (AvgIpc) is 2.69. The lowest BCUT2D eigenvalue weighted by Crippen LogP contribution is -2.33. The van der Waals surface area contributed by atoms with Gasteiger partial charge in [-0.2, -0.15) is 0 Å². The van der Waals surface area contributed by atoms with Crippen molar-refractivity contribution in [1.29, 1.82) is 0 Å². The van der Waals surface area contributed by atoms with Gasteiger partial charge in [-0.3, -0.25) is 4.79 Å². The van der Waals surface area contributed by atoms with Crippen LogP contribution in [0, 0.1) is 17.5 Å². The summed E-state index contributed by atoms with van der Waals surface area (Å²) in [6, 6.07) is 8.32. The lowest BCUT2D eigenvalue weighted by Gasteiger charge is -2.29. The summed E-state index contributed by atoms with van der Waals surface area (Å²) in [6.45, 7) is 4.33. The number of hydrogen-bond acceptors (Lipinski definition) is 3. The van der Waals surface area contributed by atoms with E-state index in [1.807, 2.05) is 26.0 Å². The zero-order valence-corrected chi connectivity index (χ0v) is 17.0. The topological polar surface area (TPSA) is 67.2 Å². The molecule has 1 amide bonds. The molecule has 160 valence electrons. The van der Waals surface area contributed by atoms with Gasteiger partial charge in [-0.05, 0) is 56.5 Å². The van der Waals surface area contributed by atoms with Crippen molar-refractivity contribution in [3.8, 4) is 0 Å². The van der Waals surface area contributed by atoms with Crippen molar-refractivity contribution < 1.29 is 18.0 Å². The van der Waals surface area contributed by atoms with Gasteiger partial charge in [0, 0.05) is 41.9 Å². The van der Waals surface area contributed by atoms with Crippen molar-refractivity contribution >= 4 is 11.6 Å². The van der Waals surface area contributed by atoms with Crippen LogP contribution in [0.2, 0.25) is 0 Å². The number of amides is 1. The molecule has 3 rings (SSSR count). The number of carbonyl (C=O) groups is 1. The SMILES string of the molecule is CC(C)NC(=O)c1cccc(NCC2=CC[C@H](c3cc(F)c(F)cc3F)[C@@H](N)C2)c1. The fraction of sp³-hybridized carbons (Fsp3) is 0.348. The minimum Gasteiger partial charge on any atom is -0.381 e. The van der Waals surface area contributed by atoms with Gasteiger partial charge in [0.05, 0.1) is 0 Å². The Morgan fingerprint density at radius 1 is 1.13 bits per heavy atom. The maximum atomic E-state index is 14.1. The van der Waals surface area contributed by atoms with Gasteiger partial charge < -0.3 is 16.4 Å². The largest absolute Gasteiger partial charge is 0.381 e. The number of halogens is 3. The van der Waals surface area contributed by atoms with Crippen LogP contribution in [0.25, 0.3) is 0 Å². The van der Waals surface area contributed by atoms with Crippen LogP contribution < -0.4 is 16.4 Å². The van der Waals surface area contributed by atoms with Crippen molar-refractivity contribution in [2.24, 2.45) is 5.73 Å². The van der Waals surface area contributed by atoms with Gasteiger partial charge >= 0.3 is 0 Å². The molecule has 0 heterocycles. The minimum atomic E-state index is -1.20. The minimum absolute atomic E-state index is 0.0513. The zero-order valence-electron chi connectivity index (χ0n) is 17.0. The lowest BCUT2D eigenvalue weighted by atomic mass is 9.80. The third-order valence-electron chi connectivity index (χ3n) is 5.18. The second-order valence-electron chi connectivity index (χ2n) is 7.92. The lowest BCUT2D eigenvalue weighted by molar-refractivity contribution is 0.0943. The highest BCUT2D eigenvalue weighted by molar-refractivity contribution is 5.95. The predicted molar refractivity (Wildman–Crippen MR) is 112 cm³/mol. The molecule has 2 aromatic carbocycles. The molecule has 7 heteroatoms. The van der Waals surface area contributed by atoms with Gasteiger partial charge in [-0.15, -0.1) is 0 Å². The monoisotopic (exact) mass is 417 g/mol. The van der Waals surface area contributed by atoms with Crippen LogP contribution in [0.3, 0.4) is 0 Å². The summed E-state index contributed by atoms with van der Waals surface area (Å²) in [6.07, 6.45) is 2.90. The third-order valence-corrected chi connectivity index (χ3v) is 5.18. The number of nitrogens with one attached hydrogen (secondary N) is 2. The Balaban J connectivity index is 1.65. The fourth-order valence-corrected chi connectivity index (χ4v) is 3.65. The maximum Gasteiger partial charge on any atom is 0.251 e. The van der Waals surface area contributed by atoms with Crippen LogP contribution in [0.1, 0.15) is 48.5 Å². The molecule has 0 radical (unpaired) electrons. The molecule has 0 saturated heterocycles. The molecule has 2 aromatic rings. The smallest absolute Gasteiger partial charge is 0.251 e. The van der Waals surface area contributed by atoms with Crippen LogP contribution in [0.4, 0.5) is 18.9 Å². The Kier molecular flexibility index (Phi) is 6.82. The summed E-state index contributed by atoms with van der Waals surface area (Å²) in [5.74, 6) is -3.60. The van der Waals surface area contributed by atoms with E-state index in [-0.39, 0.29) is 17.5 Å². The second kappa shape index (κ2) is 9.34. The molecule has 0 aromatic heterocycles. The molecule has 0 aliphatic heterocycles. The normalized spacial score (nSPS) is 18.8. The van der Waals surface area contributed by atoms with E-state index in [9.17, 15) is 18.0 Å². The number of hydrogen-bond donors (Lipinski definition) is 3. The number of allylic oxidation sites excluding steroid dienone is 1. The summed E-state index contributed by atoms with van der Waals surface area (Å²) in [5, 5.41) is 6.13.